The summed E-state index contributed by atoms with van der Waals surface area (Å²) in [5.74, 6) is -5.68. The van der Waals surface area contributed by atoms with Gasteiger partial charge in [-0.25, -0.2) is 18.4 Å². The Kier molecular flexibility index (Phi) is 4.29. The summed E-state index contributed by atoms with van der Waals surface area (Å²) in [5, 5.41) is 10.9. The second-order valence-electron chi connectivity index (χ2n) is 5.51. The van der Waals surface area contributed by atoms with E-state index in [4.69, 9.17) is 0 Å². The maximum atomic E-state index is 12.8. The van der Waals surface area contributed by atoms with Gasteiger partial charge in [-0.1, -0.05) is 6.42 Å². The molecule has 1 heterocycles. The lowest BCUT2D eigenvalue weighted by Gasteiger charge is -2.25. The van der Waals surface area contributed by atoms with E-state index >= 15 is 0 Å². The lowest BCUT2D eigenvalue weighted by molar-refractivity contribution is -0.142. The van der Waals surface area contributed by atoms with E-state index in [1.165, 1.54) is 0 Å². The second-order valence-corrected chi connectivity index (χ2v) is 5.51. The van der Waals surface area contributed by atoms with Gasteiger partial charge in [0.05, 0.1) is 6.54 Å². The number of nitrogens with zero attached hydrogens (tertiary/aromatic N) is 1. The maximum absolute atomic E-state index is 12.8. The van der Waals surface area contributed by atoms with E-state index in [2.05, 4.69) is 0 Å². The Balaban J connectivity index is 2.00. The molecule has 2 N–H and O–H groups in total. The summed E-state index contributed by atoms with van der Waals surface area (Å²) >= 11 is 0. The number of aliphatic carboxylic acids is 1. The van der Waals surface area contributed by atoms with Crippen molar-refractivity contribution in [3.63, 3.8) is 0 Å². The van der Waals surface area contributed by atoms with Crippen LogP contribution in [0.4, 0.5) is 22.4 Å². The van der Waals surface area contributed by atoms with Crippen molar-refractivity contribution in [3.05, 3.63) is 0 Å². The van der Waals surface area contributed by atoms with Crippen molar-refractivity contribution in [1.82, 2.24) is 10.2 Å². The summed E-state index contributed by atoms with van der Waals surface area (Å²) in [6.07, 6.45) is -1.56. The molecule has 5 nitrogen and oxygen atoms in total. The number of hydrogen-bond donors (Lipinski definition) is 2. The number of carboxylic acids is 1. The summed E-state index contributed by atoms with van der Waals surface area (Å²) in [4.78, 5) is 24.1. The van der Waals surface area contributed by atoms with Gasteiger partial charge in [-0.05, 0) is 24.7 Å². The van der Waals surface area contributed by atoms with Crippen LogP contribution in [0.15, 0.2) is 0 Å². The first-order valence-electron chi connectivity index (χ1n) is 6.67. The molecule has 0 aromatic carbocycles. The lowest BCUT2D eigenvalue weighted by Crippen LogP contribution is -2.51. The standard InChI is InChI=1S/C12H16F4N2O3/c13-10(14)12(15,16)5-17-11(21)18-4-6-2-1-3-7(6)8(18)9(19)20/h6-8,10H,1-5H2,(H,17,21)(H,19,20). The number of carbonyl (C=O) groups excluding carboxylic acids is 1. The van der Waals surface area contributed by atoms with E-state index in [0.717, 1.165) is 17.7 Å². The molecular weight excluding hydrogens is 296 g/mol. The Labute approximate surface area is 118 Å². The molecule has 0 bridgehead atoms. The summed E-state index contributed by atoms with van der Waals surface area (Å²) in [7, 11) is 0. The van der Waals surface area contributed by atoms with E-state index in [9.17, 15) is 32.3 Å². The van der Waals surface area contributed by atoms with Crippen LogP contribution in [0.3, 0.4) is 0 Å². The number of fused-ring (bicyclic) bond motifs is 1. The maximum Gasteiger partial charge on any atom is 0.326 e. The summed E-state index contributed by atoms with van der Waals surface area (Å²) in [6, 6.07) is -2.10. The van der Waals surface area contributed by atoms with Gasteiger partial charge in [0.2, 0.25) is 0 Å². The second kappa shape index (κ2) is 5.69. The Morgan fingerprint density at radius 3 is 2.57 bits per heavy atom. The van der Waals surface area contributed by atoms with Crippen LogP contribution in [-0.2, 0) is 4.79 Å². The van der Waals surface area contributed by atoms with Gasteiger partial charge >= 0.3 is 24.3 Å². The largest absolute Gasteiger partial charge is 0.480 e. The highest BCUT2D eigenvalue weighted by molar-refractivity contribution is 5.83. The predicted octanol–water partition coefficient (Wildman–Crippen LogP) is 1.78. The number of rotatable bonds is 4. The zero-order chi connectivity index (χ0) is 15.8. The molecule has 0 radical (unpaired) electrons. The van der Waals surface area contributed by atoms with Gasteiger partial charge in [0.1, 0.15) is 6.04 Å². The van der Waals surface area contributed by atoms with Crippen LogP contribution in [-0.4, -0.2) is 53.5 Å². The third-order valence-electron chi connectivity index (χ3n) is 4.20. The van der Waals surface area contributed by atoms with Crippen LogP contribution >= 0.6 is 0 Å². The van der Waals surface area contributed by atoms with Crippen molar-refractivity contribution >= 4 is 12.0 Å². The van der Waals surface area contributed by atoms with E-state index in [1.54, 1.807) is 5.32 Å². The van der Waals surface area contributed by atoms with Gasteiger partial charge in [0.15, 0.2) is 0 Å². The normalized spacial score (nSPS) is 28.8. The quantitative estimate of drug-likeness (QED) is 0.778. The zero-order valence-electron chi connectivity index (χ0n) is 11.1. The van der Waals surface area contributed by atoms with Gasteiger partial charge in [-0.2, -0.15) is 8.78 Å². The fraction of sp³-hybridized carbons (Fsp3) is 0.833. The minimum atomic E-state index is -4.33. The van der Waals surface area contributed by atoms with Gasteiger partial charge in [0, 0.05) is 6.54 Å². The van der Waals surface area contributed by atoms with Crippen molar-refractivity contribution in [2.24, 2.45) is 11.8 Å². The minimum absolute atomic E-state index is 0.0347. The number of carboxylic acid groups (broad SMARTS) is 1. The Hall–Kier alpha value is -1.54. The molecule has 2 amide bonds. The molecule has 1 saturated heterocycles. The van der Waals surface area contributed by atoms with Crippen LogP contribution in [0.1, 0.15) is 19.3 Å². The first-order chi connectivity index (χ1) is 9.74. The van der Waals surface area contributed by atoms with Crippen LogP contribution in [0, 0.1) is 11.8 Å². The smallest absolute Gasteiger partial charge is 0.326 e. The predicted molar refractivity (Wildman–Crippen MR) is 63.3 cm³/mol. The van der Waals surface area contributed by atoms with E-state index in [1.807, 2.05) is 0 Å². The number of alkyl halides is 4. The van der Waals surface area contributed by atoms with Crippen molar-refractivity contribution in [1.29, 1.82) is 0 Å². The summed E-state index contributed by atoms with van der Waals surface area (Å²) < 4.78 is 49.6. The third kappa shape index (κ3) is 3.06. The van der Waals surface area contributed by atoms with Crippen LogP contribution < -0.4 is 5.32 Å². The number of amides is 2. The van der Waals surface area contributed by atoms with Crippen molar-refractivity contribution in [2.75, 3.05) is 13.1 Å². The number of nitrogens with one attached hydrogen (secondary N) is 1. The molecule has 3 atom stereocenters. The van der Waals surface area contributed by atoms with Crippen LogP contribution in [0.5, 0.6) is 0 Å². The molecule has 21 heavy (non-hydrogen) atoms. The van der Waals surface area contributed by atoms with Crippen LogP contribution in [0.25, 0.3) is 0 Å². The SMILES string of the molecule is O=C(O)C1C2CCCC2CN1C(=O)NCC(F)(F)C(F)F. The number of halogens is 4. The van der Waals surface area contributed by atoms with Gasteiger partial charge in [0.25, 0.3) is 0 Å². The molecule has 1 aliphatic carbocycles. The van der Waals surface area contributed by atoms with E-state index in [-0.39, 0.29) is 18.4 Å². The highest BCUT2D eigenvalue weighted by atomic mass is 19.3. The molecule has 2 fully saturated rings. The first-order valence-corrected chi connectivity index (χ1v) is 6.67. The minimum Gasteiger partial charge on any atom is -0.480 e. The Morgan fingerprint density at radius 1 is 1.33 bits per heavy atom. The van der Waals surface area contributed by atoms with Crippen molar-refractivity contribution in [2.45, 2.75) is 37.7 Å². The number of likely N-dealkylation sites (tertiary alicyclic amines) is 1. The molecule has 9 heteroatoms. The molecule has 2 aliphatic rings. The van der Waals surface area contributed by atoms with Gasteiger partial charge < -0.3 is 15.3 Å². The monoisotopic (exact) mass is 312 g/mol. The Bertz CT molecular complexity index is 433. The fourth-order valence-corrected chi connectivity index (χ4v) is 3.20. The molecule has 3 unspecified atom stereocenters. The molecule has 2 rings (SSSR count). The van der Waals surface area contributed by atoms with Gasteiger partial charge in [-0.15, -0.1) is 0 Å². The third-order valence-corrected chi connectivity index (χ3v) is 4.20. The number of hydrogen-bond acceptors (Lipinski definition) is 2. The van der Waals surface area contributed by atoms with Crippen molar-refractivity contribution in [3.8, 4) is 0 Å². The van der Waals surface area contributed by atoms with E-state index in [0.29, 0.717) is 6.42 Å². The van der Waals surface area contributed by atoms with Gasteiger partial charge in [-0.3, -0.25) is 0 Å². The van der Waals surface area contributed by atoms with Crippen LogP contribution in [0.2, 0.25) is 0 Å². The van der Waals surface area contributed by atoms with Crippen molar-refractivity contribution < 1.29 is 32.3 Å². The average Bonchev–Trinajstić information content (AvgIpc) is 2.94. The molecule has 120 valence electrons. The summed E-state index contributed by atoms with van der Waals surface area (Å²) in [6.45, 7) is -1.35. The summed E-state index contributed by atoms with van der Waals surface area (Å²) in [5.41, 5.74) is 0. The highest BCUT2D eigenvalue weighted by Crippen LogP contribution is 2.42. The number of urea groups is 1. The lowest BCUT2D eigenvalue weighted by atomic mass is 9.94. The average molecular weight is 312 g/mol. The topological polar surface area (TPSA) is 69.6 Å². The first kappa shape index (κ1) is 15.8. The fourth-order valence-electron chi connectivity index (χ4n) is 3.20. The zero-order valence-corrected chi connectivity index (χ0v) is 11.1. The highest BCUT2D eigenvalue weighted by Gasteiger charge is 2.50. The molecule has 1 saturated carbocycles. The molecule has 0 spiro atoms. The van der Waals surface area contributed by atoms with E-state index < -0.39 is 36.9 Å². The Morgan fingerprint density at radius 2 is 2.00 bits per heavy atom. The molecule has 0 aromatic heterocycles. The molecule has 1 aliphatic heterocycles. The molecular formula is C12H16F4N2O3. The number of carbonyl (C=O) groups is 2. The molecule has 0 aromatic rings.